The van der Waals surface area contributed by atoms with Crippen LogP contribution in [0.15, 0.2) is 115 Å². The van der Waals surface area contributed by atoms with Gasteiger partial charge in [-0.1, -0.05) is 103 Å². The third-order valence-electron chi connectivity index (χ3n) is 7.31. The van der Waals surface area contributed by atoms with Gasteiger partial charge in [-0.2, -0.15) is 0 Å². The van der Waals surface area contributed by atoms with Crippen molar-refractivity contribution in [1.29, 1.82) is 0 Å². The summed E-state index contributed by atoms with van der Waals surface area (Å²) in [5.74, 6) is -0.295. The molecule has 1 aliphatic carbocycles. The van der Waals surface area contributed by atoms with Crippen molar-refractivity contribution in [3.8, 4) is 0 Å². The lowest BCUT2D eigenvalue weighted by atomic mass is 9.96. The van der Waals surface area contributed by atoms with E-state index in [1.165, 1.54) is 34.8 Å². The monoisotopic (exact) mass is 479 g/mol. The van der Waals surface area contributed by atoms with E-state index in [-0.39, 0.29) is 17.2 Å². The van der Waals surface area contributed by atoms with Crippen LogP contribution in [0.2, 0.25) is 5.54 Å². The summed E-state index contributed by atoms with van der Waals surface area (Å²) in [6.45, 7) is 0. The van der Waals surface area contributed by atoms with E-state index in [0.717, 1.165) is 5.56 Å². The number of benzene rings is 4. The zero-order valence-electron chi connectivity index (χ0n) is 19.3. The summed E-state index contributed by atoms with van der Waals surface area (Å²) in [4.78, 5) is 24.4. The van der Waals surface area contributed by atoms with Gasteiger partial charge in [-0.15, -0.1) is 0 Å². The number of methoxy groups -OCH3 is 1. The molecule has 0 N–H and O–H groups in total. The molecule has 0 saturated heterocycles. The van der Waals surface area contributed by atoms with Crippen LogP contribution in [0.3, 0.4) is 0 Å². The van der Waals surface area contributed by atoms with Gasteiger partial charge in [0.2, 0.25) is 0 Å². The lowest BCUT2D eigenvalue weighted by Crippen LogP contribution is -2.68. The van der Waals surface area contributed by atoms with Gasteiger partial charge in [0.15, 0.2) is 8.07 Å². The molecule has 4 aromatic carbocycles. The van der Waals surface area contributed by atoms with E-state index in [2.05, 4.69) is 72.8 Å². The lowest BCUT2D eigenvalue weighted by Gasteiger charge is -2.36. The fraction of sp³-hybridized carbons (Fsp3) is 0.138. The summed E-state index contributed by atoms with van der Waals surface area (Å²) >= 11 is 0. The van der Waals surface area contributed by atoms with Gasteiger partial charge in [0.25, 0.3) is 5.69 Å². The highest BCUT2D eigenvalue weighted by Gasteiger charge is 2.71. The second kappa shape index (κ2) is 8.96. The number of nitro groups is 1. The highest BCUT2D eigenvalue weighted by molar-refractivity contribution is 7.13. The zero-order chi connectivity index (χ0) is 24.5. The minimum Gasteiger partial charge on any atom is -0.468 e. The van der Waals surface area contributed by atoms with Crippen LogP contribution >= 0.6 is 0 Å². The van der Waals surface area contributed by atoms with Gasteiger partial charge in [0.1, 0.15) is 0 Å². The van der Waals surface area contributed by atoms with Crippen molar-refractivity contribution in [1.82, 2.24) is 0 Å². The number of esters is 1. The van der Waals surface area contributed by atoms with E-state index in [0.29, 0.717) is 6.42 Å². The average molecular weight is 480 g/mol. The Morgan fingerprint density at radius 1 is 0.800 bits per heavy atom. The van der Waals surface area contributed by atoms with Gasteiger partial charge in [-0.3, -0.25) is 14.9 Å². The molecule has 5 nitrogen and oxygen atoms in total. The van der Waals surface area contributed by atoms with E-state index < -0.39 is 18.4 Å². The van der Waals surface area contributed by atoms with Crippen LogP contribution in [0.4, 0.5) is 5.69 Å². The molecule has 0 unspecified atom stereocenters. The third-order valence-corrected chi connectivity index (χ3v) is 12.8. The fourth-order valence-corrected chi connectivity index (χ4v) is 11.7. The molecule has 1 fully saturated rings. The van der Waals surface area contributed by atoms with Crippen molar-refractivity contribution in [2.75, 3.05) is 7.11 Å². The van der Waals surface area contributed by atoms with Crippen molar-refractivity contribution >= 4 is 35.3 Å². The summed E-state index contributed by atoms with van der Waals surface area (Å²) in [5.41, 5.74) is -0.142. The second-order valence-electron chi connectivity index (χ2n) is 8.93. The molecule has 1 saturated carbocycles. The van der Waals surface area contributed by atoms with Gasteiger partial charge in [0.05, 0.1) is 17.4 Å². The molecule has 5 rings (SSSR count). The molecule has 0 heterocycles. The predicted molar refractivity (Wildman–Crippen MR) is 139 cm³/mol. The first kappa shape index (κ1) is 22.7. The SMILES string of the molecule is COC(=O)[C@@]1(c2ccc([N+](=O)[O-])cc2)C[C@@H]1[Si](c1ccccc1)(c1ccccc1)c1ccccc1. The van der Waals surface area contributed by atoms with E-state index in [4.69, 9.17) is 4.74 Å². The first-order valence-corrected chi connectivity index (χ1v) is 13.6. The summed E-state index contributed by atoms with van der Waals surface area (Å²) in [6, 6.07) is 37.7. The van der Waals surface area contributed by atoms with Crippen LogP contribution in [0, 0.1) is 10.1 Å². The minimum absolute atomic E-state index is 0.00338. The quantitative estimate of drug-likeness (QED) is 0.132. The highest BCUT2D eigenvalue weighted by atomic mass is 28.3. The maximum absolute atomic E-state index is 13.5. The molecular weight excluding hydrogens is 454 g/mol. The Kier molecular flexibility index (Phi) is 5.82. The molecule has 0 radical (unpaired) electrons. The standard InChI is InChI=1S/C29H25NO4Si/c1-34-28(31)29(22-17-19-23(20-18-22)30(32)33)21-27(29)35(24-11-5-2-6-12-24,25-13-7-3-8-14-25)26-15-9-4-10-16-26/h2-20,27H,21H2,1H3/t27-,29+/m0/s1. The zero-order valence-corrected chi connectivity index (χ0v) is 20.3. The van der Waals surface area contributed by atoms with Gasteiger partial charge in [-0.25, -0.2) is 0 Å². The molecule has 1 aliphatic rings. The number of carbonyl (C=O) groups is 1. The van der Waals surface area contributed by atoms with E-state index >= 15 is 0 Å². The van der Waals surface area contributed by atoms with Crippen LogP contribution < -0.4 is 15.6 Å². The van der Waals surface area contributed by atoms with Crippen LogP contribution in [0.1, 0.15) is 12.0 Å². The Hall–Kier alpha value is -4.03. The van der Waals surface area contributed by atoms with Crippen molar-refractivity contribution in [2.24, 2.45) is 0 Å². The predicted octanol–water partition coefficient (Wildman–Crippen LogP) is 3.95. The summed E-state index contributed by atoms with van der Waals surface area (Å²) < 4.78 is 5.39. The molecule has 174 valence electrons. The Bertz CT molecular complexity index is 1250. The maximum Gasteiger partial charge on any atom is 0.316 e. The minimum atomic E-state index is -2.76. The van der Waals surface area contributed by atoms with Crippen molar-refractivity contribution in [3.05, 3.63) is 131 Å². The molecule has 0 aromatic heterocycles. The third kappa shape index (κ3) is 3.58. The molecule has 2 atom stereocenters. The van der Waals surface area contributed by atoms with Crippen molar-refractivity contribution in [3.63, 3.8) is 0 Å². The molecule has 4 aromatic rings. The molecule has 6 heteroatoms. The number of ether oxygens (including phenoxy) is 1. The Morgan fingerprint density at radius 3 is 1.60 bits per heavy atom. The Morgan fingerprint density at radius 2 is 1.23 bits per heavy atom. The number of hydrogen-bond acceptors (Lipinski definition) is 4. The first-order chi connectivity index (χ1) is 17.0. The molecule has 0 bridgehead atoms. The number of hydrogen-bond donors (Lipinski definition) is 0. The van der Waals surface area contributed by atoms with Gasteiger partial charge < -0.3 is 4.74 Å². The normalized spacial score (nSPS) is 19.1. The van der Waals surface area contributed by atoms with E-state index in [9.17, 15) is 14.9 Å². The highest BCUT2D eigenvalue weighted by Crippen LogP contribution is 2.64. The van der Waals surface area contributed by atoms with E-state index in [1.54, 1.807) is 12.1 Å². The average Bonchev–Trinajstić information content (AvgIpc) is 3.68. The van der Waals surface area contributed by atoms with Crippen LogP contribution in [0.5, 0.6) is 0 Å². The molecule has 35 heavy (non-hydrogen) atoms. The van der Waals surface area contributed by atoms with Gasteiger partial charge in [-0.05, 0) is 33.1 Å². The van der Waals surface area contributed by atoms with Crippen LogP contribution in [-0.4, -0.2) is 26.1 Å². The first-order valence-electron chi connectivity index (χ1n) is 11.5. The Balaban J connectivity index is 1.79. The van der Waals surface area contributed by atoms with Gasteiger partial charge >= 0.3 is 5.97 Å². The largest absolute Gasteiger partial charge is 0.468 e. The number of nitrogens with zero attached hydrogens (tertiary/aromatic N) is 1. The number of nitro benzene ring substituents is 1. The Labute approximate surface area is 205 Å². The van der Waals surface area contributed by atoms with Crippen LogP contribution in [0.25, 0.3) is 0 Å². The number of non-ortho nitro benzene ring substituents is 1. The maximum atomic E-state index is 13.5. The summed E-state index contributed by atoms with van der Waals surface area (Å²) in [7, 11) is -1.34. The number of rotatable bonds is 7. The molecular formula is C29H25NO4Si. The smallest absolute Gasteiger partial charge is 0.316 e. The molecule has 0 amide bonds. The van der Waals surface area contributed by atoms with Gasteiger partial charge in [0, 0.05) is 12.1 Å². The van der Waals surface area contributed by atoms with Crippen molar-refractivity contribution < 1.29 is 14.5 Å². The molecule has 0 spiro atoms. The lowest BCUT2D eigenvalue weighted by molar-refractivity contribution is -0.384. The summed E-state index contributed by atoms with van der Waals surface area (Å²) in [6.07, 6.45) is 0.613. The number of carbonyl (C=O) groups excluding carboxylic acids is 1. The van der Waals surface area contributed by atoms with Crippen LogP contribution in [-0.2, 0) is 14.9 Å². The molecule has 0 aliphatic heterocycles. The topological polar surface area (TPSA) is 69.4 Å². The van der Waals surface area contributed by atoms with E-state index in [1.807, 2.05) is 18.2 Å². The fourth-order valence-electron chi connectivity index (χ4n) is 5.72. The second-order valence-corrected chi connectivity index (χ2v) is 13.0. The summed E-state index contributed by atoms with van der Waals surface area (Å²) in [5, 5.41) is 14.9. The van der Waals surface area contributed by atoms with Crippen molar-refractivity contribution in [2.45, 2.75) is 17.4 Å².